The van der Waals surface area contributed by atoms with Gasteiger partial charge in [0.2, 0.25) is 0 Å². The first-order chi connectivity index (χ1) is 7.96. The van der Waals surface area contributed by atoms with E-state index in [0.717, 1.165) is 45.8 Å². The molecule has 2 aliphatic heterocycles. The molecule has 0 radical (unpaired) electrons. The van der Waals surface area contributed by atoms with Crippen LogP contribution in [0.4, 0.5) is 0 Å². The van der Waals surface area contributed by atoms with Crippen molar-refractivity contribution in [3.63, 3.8) is 0 Å². The van der Waals surface area contributed by atoms with Gasteiger partial charge in [0, 0.05) is 13.1 Å². The van der Waals surface area contributed by atoms with Gasteiger partial charge in [-0.1, -0.05) is 13.8 Å². The maximum atomic E-state index is 6.17. The molecule has 98 valence electrons. The smallest absolute Gasteiger partial charge is 0.120 e. The van der Waals surface area contributed by atoms with Crippen molar-refractivity contribution < 1.29 is 9.47 Å². The second kappa shape index (κ2) is 3.67. The average molecular weight is 240 g/mol. The van der Waals surface area contributed by atoms with Gasteiger partial charge in [0.1, 0.15) is 5.72 Å². The summed E-state index contributed by atoms with van der Waals surface area (Å²) in [7, 11) is 2.18. The van der Waals surface area contributed by atoms with E-state index < -0.39 is 0 Å². The molecule has 2 saturated heterocycles. The van der Waals surface area contributed by atoms with Crippen LogP contribution < -0.4 is 5.32 Å². The van der Waals surface area contributed by atoms with E-state index in [1.165, 1.54) is 0 Å². The SMILES string of the molecule is CN1CCOCC12CNC1(CC(C)(C)C1)OC2. The van der Waals surface area contributed by atoms with Gasteiger partial charge in [-0.3, -0.25) is 10.2 Å². The molecule has 3 aliphatic rings. The monoisotopic (exact) mass is 240 g/mol. The lowest BCUT2D eigenvalue weighted by Crippen LogP contribution is -2.74. The van der Waals surface area contributed by atoms with Crippen LogP contribution in [0.2, 0.25) is 0 Å². The maximum Gasteiger partial charge on any atom is 0.120 e. The Hall–Kier alpha value is -0.160. The third kappa shape index (κ3) is 1.91. The first kappa shape index (κ1) is 11.9. The Morgan fingerprint density at radius 1 is 1.18 bits per heavy atom. The largest absolute Gasteiger partial charge is 0.378 e. The van der Waals surface area contributed by atoms with Crippen molar-refractivity contribution in [2.45, 2.75) is 38.0 Å². The molecule has 4 heteroatoms. The van der Waals surface area contributed by atoms with Gasteiger partial charge in [-0.05, 0) is 25.3 Å². The minimum atomic E-state index is -0.0347. The van der Waals surface area contributed by atoms with E-state index >= 15 is 0 Å². The van der Waals surface area contributed by atoms with E-state index in [1.54, 1.807) is 0 Å². The highest BCUT2D eigenvalue weighted by atomic mass is 16.5. The van der Waals surface area contributed by atoms with Crippen LogP contribution in [0.1, 0.15) is 26.7 Å². The fourth-order valence-corrected chi connectivity index (χ4v) is 3.57. The van der Waals surface area contributed by atoms with Gasteiger partial charge in [0.05, 0.1) is 25.4 Å². The number of rotatable bonds is 0. The molecule has 0 amide bonds. The van der Waals surface area contributed by atoms with Gasteiger partial charge in [0.15, 0.2) is 0 Å². The molecule has 3 rings (SSSR count). The summed E-state index contributed by atoms with van der Waals surface area (Å²) in [6.45, 7) is 9.04. The Balaban J connectivity index is 1.64. The third-order valence-corrected chi connectivity index (χ3v) is 4.64. The van der Waals surface area contributed by atoms with Gasteiger partial charge >= 0.3 is 0 Å². The van der Waals surface area contributed by atoms with Crippen LogP contribution >= 0.6 is 0 Å². The Morgan fingerprint density at radius 3 is 2.47 bits per heavy atom. The maximum absolute atomic E-state index is 6.17. The summed E-state index contributed by atoms with van der Waals surface area (Å²) in [5.41, 5.74) is 0.461. The molecule has 1 unspecified atom stereocenters. The fraction of sp³-hybridized carbons (Fsp3) is 1.00. The Bertz CT molecular complexity index is 299. The summed E-state index contributed by atoms with van der Waals surface area (Å²) in [5.74, 6) is 0. The Morgan fingerprint density at radius 2 is 1.94 bits per heavy atom. The van der Waals surface area contributed by atoms with Crippen molar-refractivity contribution in [1.29, 1.82) is 0 Å². The number of morpholine rings is 1. The molecule has 1 aliphatic carbocycles. The molecule has 1 atom stereocenters. The highest BCUT2D eigenvalue weighted by Gasteiger charge is 2.55. The summed E-state index contributed by atoms with van der Waals surface area (Å²) in [5, 5.41) is 3.63. The summed E-state index contributed by atoms with van der Waals surface area (Å²) in [6, 6.07) is 0. The normalized spacial score (nSPS) is 40.4. The molecule has 0 aromatic heterocycles. The molecule has 17 heavy (non-hydrogen) atoms. The van der Waals surface area contributed by atoms with Crippen LogP contribution in [0.15, 0.2) is 0 Å². The van der Waals surface area contributed by atoms with Gasteiger partial charge < -0.3 is 9.47 Å². The van der Waals surface area contributed by atoms with Crippen LogP contribution in [0.25, 0.3) is 0 Å². The second-order valence-electron chi connectivity index (χ2n) is 6.85. The van der Waals surface area contributed by atoms with Crippen LogP contribution in [0, 0.1) is 5.41 Å². The molecule has 2 heterocycles. The van der Waals surface area contributed by atoms with Crippen molar-refractivity contribution in [2.75, 3.05) is 40.0 Å². The number of hydrogen-bond acceptors (Lipinski definition) is 4. The predicted octanol–water partition coefficient (Wildman–Crippen LogP) is 0.823. The zero-order valence-electron chi connectivity index (χ0n) is 11.2. The highest BCUT2D eigenvalue weighted by Crippen LogP contribution is 2.50. The van der Waals surface area contributed by atoms with E-state index in [2.05, 4.69) is 31.1 Å². The number of likely N-dealkylation sites (N-methyl/N-ethyl adjacent to an activating group) is 1. The standard InChI is InChI=1S/C13H24N2O2/c1-11(2)6-13(7-11)14-8-12(10-17-13)9-16-5-4-15(12)3/h14H,4-10H2,1-3H3. The third-order valence-electron chi connectivity index (χ3n) is 4.64. The summed E-state index contributed by atoms with van der Waals surface area (Å²) in [4.78, 5) is 2.39. The molecule has 1 N–H and O–H groups in total. The lowest BCUT2D eigenvalue weighted by Gasteiger charge is -2.59. The number of ether oxygens (including phenoxy) is 2. The van der Waals surface area contributed by atoms with E-state index in [9.17, 15) is 0 Å². The summed E-state index contributed by atoms with van der Waals surface area (Å²) < 4.78 is 11.8. The lowest BCUT2D eigenvalue weighted by atomic mass is 9.65. The Labute approximate surface area is 104 Å². The molecule has 0 bridgehead atoms. The topological polar surface area (TPSA) is 33.7 Å². The van der Waals surface area contributed by atoms with Crippen molar-refractivity contribution in [3.8, 4) is 0 Å². The zero-order valence-corrected chi connectivity index (χ0v) is 11.2. The van der Waals surface area contributed by atoms with Gasteiger partial charge in [0.25, 0.3) is 0 Å². The average Bonchev–Trinajstić information content (AvgIpc) is 2.24. The number of hydrogen-bond donors (Lipinski definition) is 1. The molecule has 0 aromatic carbocycles. The Kier molecular flexibility index (Phi) is 2.57. The molecular weight excluding hydrogens is 216 g/mol. The van der Waals surface area contributed by atoms with Gasteiger partial charge in [-0.2, -0.15) is 0 Å². The minimum Gasteiger partial charge on any atom is -0.378 e. The predicted molar refractivity (Wildman–Crippen MR) is 65.9 cm³/mol. The summed E-state index contributed by atoms with van der Waals surface area (Å²) >= 11 is 0. The lowest BCUT2D eigenvalue weighted by molar-refractivity contribution is -0.240. The molecule has 2 spiro atoms. The zero-order chi connectivity index (χ0) is 12.1. The van der Waals surface area contributed by atoms with Crippen LogP contribution in [-0.4, -0.2) is 56.1 Å². The van der Waals surface area contributed by atoms with E-state index in [-0.39, 0.29) is 11.3 Å². The number of nitrogens with zero attached hydrogens (tertiary/aromatic N) is 1. The second-order valence-corrected chi connectivity index (χ2v) is 6.85. The van der Waals surface area contributed by atoms with E-state index in [4.69, 9.17) is 9.47 Å². The molecule has 1 saturated carbocycles. The summed E-state index contributed by atoms with van der Waals surface area (Å²) in [6.07, 6.45) is 2.25. The minimum absolute atomic E-state index is 0.0347. The van der Waals surface area contributed by atoms with Crippen LogP contribution in [0.3, 0.4) is 0 Å². The van der Waals surface area contributed by atoms with Crippen molar-refractivity contribution in [1.82, 2.24) is 10.2 Å². The molecule has 4 nitrogen and oxygen atoms in total. The molecule has 0 aromatic rings. The van der Waals surface area contributed by atoms with Gasteiger partial charge in [-0.15, -0.1) is 0 Å². The highest BCUT2D eigenvalue weighted by molar-refractivity contribution is 5.06. The molecule has 3 fully saturated rings. The quantitative estimate of drug-likeness (QED) is 0.680. The van der Waals surface area contributed by atoms with Crippen molar-refractivity contribution in [2.24, 2.45) is 5.41 Å². The van der Waals surface area contributed by atoms with Crippen LogP contribution in [-0.2, 0) is 9.47 Å². The number of nitrogens with one attached hydrogen (secondary N) is 1. The molecular formula is C13H24N2O2. The first-order valence-electron chi connectivity index (χ1n) is 6.64. The van der Waals surface area contributed by atoms with Gasteiger partial charge in [-0.25, -0.2) is 0 Å². The van der Waals surface area contributed by atoms with E-state index in [1.807, 2.05) is 0 Å². The first-order valence-corrected chi connectivity index (χ1v) is 6.64. The van der Waals surface area contributed by atoms with E-state index in [0.29, 0.717) is 5.41 Å². The fourth-order valence-electron chi connectivity index (χ4n) is 3.57. The van der Waals surface area contributed by atoms with Crippen molar-refractivity contribution >= 4 is 0 Å². The van der Waals surface area contributed by atoms with Crippen LogP contribution in [0.5, 0.6) is 0 Å². The van der Waals surface area contributed by atoms with Crippen molar-refractivity contribution in [3.05, 3.63) is 0 Å².